The Morgan fingerprint density at radius 3 is 1.94 bits per heavy atom. The number of rotatable bonds is 15. The normalized spacial score (nSPS) is 13.0. The molecule has 1 aromatic rings. The molecule has 0 aromatic heterocycles. The van der Waals surface area contributed by atoms with Gasteiger partial charge in [-0.15, -0.1) is 0 Å². The molecule has 1 rings (SSSR count). The SMILES string of the molecule is CCCC(O)c1cc(OCCCC(C)(C)C(=O)O)ccc1OCCCC(C)(C)C(=O)O. The van der Waals surface area contributed by atoms with Crippen molar-refractivity contribution >= 4 is 11.9 Å². The molecule has 0 saturated carbocycles. The fourth-order valence-corrected chi connectivity index (χ4v) is 3.05. The van der Waals surface area contributed by atoms with Crippen LogP contribution < -0.4 is 9.47 Å². The molecule has 1 aromatic carbocycles. The van der Waals surface area contributed by atoms with Crippen molar-refractivity contribution in [2.45, 2.75) is 79.2 Å². The van der Waals surface area contributed by atoms with E-state index in [2.05, 4.69) is 0 Å². The van der Waals surface area contributed by atoms with Gasteiger partial charge in [-0.05, 0) is 78.0 Å². The molecular weight excluding hydrogens is 400 g/mol. The van der Waals surface area contributed by atoms with E-state index < -0.39 is 28.9 Å². The van der Waals surface area contributed by atoms with Gasteiger partial charge in [0, 0.05) is 5.56 Å². The minimum Gasteiger partial charge on any atom is -0.494 e. The highest BCUT2D eigenvalue weighted by Crippen LogP contribution is 2.33. The van der Waals surface area contributed by atoms with E-state index in [1.165, 1.54) is 0 Å². The summed E-state index contributed by atoms with van der Waals surface area (Å²) >= 11 is 0. The lowest BCUT2D eigenvalue weighted by atomic mass is 9.88. The summed E-state index contributed by atoms with van der Waals surface area (Å²) in [5.41, 5.74) is -0.956. The number of hydrogen-bond acceptors (Lipinski definition) is 5. The Bertz CT molecular complexity index is 725. The van der Waals surface area contributed by atoms with Crippen molar-refractivity contribution in [1.82, 2.24) is 0 Å². The van der Waals surface area contributed by atoms with E-state index >= 15 is 0 Å². The lowest BCUT2D eigenvalue weighted by molar-refractivity contribution is -0.148. The van der Waals surface area contributed by atoms with Crippen LogP contribution in [-0.4, -0.2) is 40.5 Å². The van der Waals surface area contributed by atoms with E-state index in [0.717, 1.165) is 6.42 Å². The summed E-state index contributed by atoms with van der Waals surface area (Å²) in [7, 11) is 0. The Morgan fingerprint density at radius 1 is 0.935 bits per heavy atom. The number of carbonyl (C=O) groups is 2. The van der Waals surface area contributed by atoms with Gasteiger partial charge in [-0.3, -0.25) is 9.59 Å². The largest absolute Gasteiger partial charge is 0.494 e. The molecule has 0 aliphatic rings. The molecule has 0 heterocycles. The summed E-state index contributed by atoms with van der Waals surface area (Å²) in [4.78, 5) is 22.4. The zero-order valence-electron chi connectivity index (χ0n) is 19.4. The predicted octanol–water partition coefficient (Wildman–Crippen LogP) is 5.06. The molecular formula is C24H38O7. The summed E-state index contributed by atoms with van der Waals surface area (Å²) in [6.07, 6.45) is 2.88. The molecule has 7 heteroatoms. The van der Waals surface area contributed by atoms with Gasteiger partial charge in [0.25, 0.3) is 0 Å². The standard InChI is InChI=1S/C24H38O7/c1-6-9-19(25)18-16-17(30-14-7-12-23(2,3)21(26)27)10-11-20(18)31-15-8-13-24(4,5)22(28)29/h10-11,16,19,25H,6-9,12-15H2,1-5H3,(H,26,27)(H,28,29). The van der Waals surface area contributed by atoms with Crippen molar-refractivity contribution in [3.05, 3.63) is 23.8 Å². The highest BCUT2D eigenvalue weighted by atomic mass is 16.5. The van der Waals surface area contributed by atoms with E-state index in [0.29, 0.717) is 62.4 Å². The third-order valence-corrected chi connectivity index (χ3v) is 5.48. The van der Waals surface area contributed by atoms with Gasteiger partial charge in [0.2, 0.25) is 0 Å². The van der Waals surface area contributed by atoms with E-state index in [9.17, 15) is 24.9 Å². The summed E-state index contributed by atoms with van der Waals surface area (Å²) in [6.45, 7) is 9.49. The number of ether oxygens (including phenoxy) is 2. The number of aliphatic carboxylic acids is 2. The number of aliphatic hydroxyl groups is 1. The Kier molecular flexibility index (Phi) is 10.3. The van der Waals surface area contributed by atoms with E-state index in [1.54, 1.807) is 45.9 Å². The topological polar surface area (TPSA) is 113 Å². The van der Waals surface area contributed by atoms with Crippen molar-refractivity contribution in [1.29, 1.82) is 0 Å². The molecule has 0 aliphatic carbocycles. The van der Waals surface area contributed by atoms with Gasteiger partial charge in [0.15, 0.2) is 0 Å². The molecule has 0 aliphatic heterocycles. The first-order valence-corrected chi connectivity index (χ1v) is 10.9. The molecule has 1 atom stereocenters. The second kappa shape index (κ2) is 11.9. The maximum atomic E-state index is 11.2. The second-order valence-electron chi connectivity index (χ2n) is 9.29. The zero-order valence-corrected chi connectivity index (χ0v) is 19.4. The molecule has 0 fully saturated rings. The number of aliphatic hydroxyl groups excluding tert-OH is 1. The predicted molar refractivity (Wildman–Crippen MR) is 119 cm³/mol. The van der Waals surface area contributed by atoms with Crippen LogP contribution in [0.15, 0.2) is 18.2 Å². The summed E-state index contributed by atoms with van der Waals surface area (Å²) in [6, 6.07) is 5.29. The number of benzene rings is 1. The monoisotopic (exact) mass is 438 g/mol. The first-order valence-electron chi connectivity index (χ1n) is 10.9. The van der Waals surface area contributed by atoms with Crippen LogP contribution in [0.1, 0.15) is 84.8 Å². The highest BCUT2D eigenvalue weighted by Gasteiger charge is 2.27. The first kappa shape index (κ1) is 26.8. The third kappa shape index (κ3) is 8.77. The fourth-order valence-electron chi connectivity index (χ4n) is 3.05. The van der Waals surface area contributed by atoms with E-state index in [4.69, 9.17) is 9.47 Å². The minimum absolute atomic E-state index is 0.354. The first-order chi connectivity index (χ1) is 14.4. The Hall–Kier alpha value is -2.28. The molecule has 0 spiro atoms. The number of carboxylic acids is 2. The molecule has 0 amide bonds. The summed E-state index contributed by atoms with van der Waals surface area (Å²) in [5.74, 6) is -0.503. The maximum Gasteiger partial charge on any atom is 0.309 e. The lowest BCUT2D eigenvalue weighted by Gasteiger charge is -2.21. The van der Waals surface area contributed by atoms with Crippen LogP contribution in [0.3, 0.4) is 0 Å². The molecule has 0 saturated heterocycles. The van der Waals surface area contributed by atoms with Crippen LogP contribution in [-0.2, 0) is 9.59 Å². The fraction of sp³-hybridized carbons (Fsp3) is 0.667. The van der Waals surface area contributed by atoms with Gasteiger partial charge >= 0.3 is 11.9 Å². The van der Waals surface area contributed by atoms with Crippen molar-refractivity contribution in [2.24, 2.45) is 10.8 Å². The molecule has 1 unspecified atom stereocenters. The summed E-state index contributed by atoms with van der Waals surface area (Å²) in [5, 5.41) is 28.9. The third-order valence-electron chi connectivity index (χ3n) is 5.48. The van der Waals surface area contributed by atoms with Crippen molar-refractivity contribution < 1.29 is 34.4 Å². The van der Waals surface area contributed by atoms with E-state index in [-0.39, 0.29) is 0 Å². The van der Waals surface area contributed by atoms with Gasteiger partial charge in [0.05, 0.1) is 30.1 Å². The van der Waals surface area contributed by atoms with Gasteiger partial charge < -0.3 is 24.8 Å². The van der Waals surface area contributed by atoms with E-state index in [1.807, 2.05) is 6.92 Å². The molecule has 31 heavy (non-hydrogen) atoms. The van der Waals surface area contributed by atoms with Crippen LogP contribution in [0.25, 0.3) is 0 Å². The summed E-state index contributed by atoms with van der Waals surface area (Å²) < 4.78 is 11.6. The smallest absolute Gasteiger partial charge is 0.309 e. The van der Waals surface area contributed by atoms with Gasteiger partial charge in [0.1, 0.15) is 11.5 Å². The van der Waals surface area contributed by atoms with Crippen LogP contribution in [0.4, 0.5) is 0 Å². The second-order valence-corrected chi connectivity index (χ2v) is 9.29. The van der Waals surface area contributed by atoms with Crippen LogP contribution >= 0.6 is 0 Å². The van der Waals surface area contributed by atoms with Gasteiger partial charge in [-0.1, -0.05) is 13.3 Å². The Balaban J connectivity index is 2.73. The molecule has 7 nitrogen and oxygen atoms in total. The highest BCUT2D eigenvalue weighted by molar-refractivity contribution is 5.73. The van der Waals surface area contributed by atoms with Crippen molar-refractivity contribution in [2.75, 3.05) is 13.2 Å². The van der Waals surface area contributed by atoms with Crippen LogP contribution in [0, 0.1) is 10.8 Å². The van der Waals surface area contributed by atoms with Gasteiger partial charge in [-0.2, -0.15) is 0 Å². The van der Waals surface area contributed by atoms with Crippen molar-refractivity contribution in [3.8, 4) is 11.5 Å². The van der Waals surface area contributed by atoms with Crippen LogP contribution in [0.2, 0.25) is 0 Å². The number of carboxylic acid groups (broad SMARTS) is 2. The van der Waals surface area contributed by atoms with Gasteiger partial charge in [-0.25, -0.2) is 0 Å². The quantitative estimate of drug-likeness (QED) is 0.328. The van der Waals surface area contributed by atoms with Crippen molar-refractivity contribution in [3.63, 3.8) is 0 Å². The Labute approximate surface area is 185 Å². The minimum atomic E-state index is -0.834. The zero-order chi connectivity index (χ0) is 23.7. The Morgan fingerprint density at radius 2 is 1.45 bits per heavy atom. The molecule has 0 radical (unpaired) electrons. The molecule has 0 bridgehead atoms. The average molecular weight is 439 g/mol. The molecule has 176 valence electrons. The molecule has 3 N–H and O–H groups in total. The maximum absolute atomic E-state index is 11.2. The van der Waals surface area contributed by atoms with Crippen LogP contribution in [0.5, 0.6) is 11.5 Å². The number of hydrogen-bond donors (Lipinski definition) is 3. The lowest BCUT2D eigenvalue weighted by Crippen LogP contribution is -2.24. The average Bonchev–Trinajstić information content (AvgIpc) is 2.69.